The molecule has 0 N–H and O–H groups in total. The Bertz CT molecular complexity index is 866. The van der Waals surface area contributed by atoms with Gasteiger partial charge in [0.2, 0.25) is 10.0 Å². The number of nitrogens with zero attached hydrogens (tertiary/aromatic N) is 2. The average Bonchev–Trinajstić information content (AvgIpc) is 2.84. The highest BCUT2D eigenvalue weighted by atomic mass is 32.2. The van der Waals surface area contributed by atoms with Crippen molar-refractivity contribution < 1.29 is 8.42 Å². The van der Waals surface area contributed by atoms with Crippen LogP contribution in [-0.4, -0.2) is 31.8 Å². The predicted molar refractivity (Wildman–Crippen MR) is 91.6 cm³/mol. The van der Waals surface area contributed by atoms with E-state index in [1.54, 1.807) is 26.2 Å². The fraction of sp³-hybridized carbons (Fsp3) is 0.278. The molecule has 1 heterocycles. The largest absolute Gasteiger partial charge is 0.264 e. The van der Waals surface area contributed by atoms with Crippen molar-refractivity contribution >= 4 is 15.6 Å². The molecule has 2 aromatic rings. The minimum Gasteiger partial charge on any atom is -0.264 e. The van der Waals surface area contributed by atoms with Gasteiger partial charge in [0.15, 0.2) is 0 Å². The van der Waals surface area contributed by atoms with Crippen LogP contribution in [0.15, 0.2) is 53.2 Å². The number of hydrogen-bond donors (Lipinski definition) is 0. The first kappa shape index (κ1) is 15.9. The SMILES string of the molecule is CC1=C(Cc2ccc(S(=O)(=O)N(C)C)cc2)c2cnccc2C1. The summed E-state index contributed by atoms with van der Waals surface area (Å²) in [7, 11) is -0.286. The first-order valence-electron chi connectivity index (χ1n) is 7.53. The lowest BCUT2D eigenvalue weighted by molar-refractivity contribution is 0.520. The molecule has 5 heteroatoms. The molecule has 23 heavy (non-hydrogen) atoms. The van der Waals surface area contributed by atoms with Crippen molar-refractivity contribution in [1.82, 2.24) is 9.29 Å². The van der Waals surface area contributed by atoms with Crippen LogP contribution < -0.4 is 0 Å². The molecule has 0 fully saturated rings. The summed E-state index contributed by atoms with van der Waals surface area (Å²) >= 11 is 0. The van der Waals surface area contributed by atoms with Gasteiger partial charge in [-0.25, -0.2) is 12.7 Å². The van der Waals surface area contributed by atoms with Crippen LogP contribution in [0.25, 0.3) is 5.57 Å². The van der Waals surface area contributed by atoms with Gasteiger partial charge in [-0.2, -0.15) is 0 Å². The third-order valence-corrected chi connectivity index (χ3v) is 6.12. The van der Waals surface area contributed by atoms with Gasteiger partial charge >= 0.3 is 0 Å². The van der Waals surface area contributed by atoms with E-state index in [0.29, 0.717) is 4.90 Å². The summed E-state index contributed by atoms with van der Waals surface area (Å²) in [6.45, 7) is 2.15. The van der Waals surface area contributed by atoms with Crippen LogP contribution in [0.1, 0.15) is 23.6 Å². The minimum atomic E-state index is -3.37. The Labute approximate surface area is 137 Å². The van der Waals surface area contributed by atoms with Crippen molar-refractivity contribution in [3.05, 3.63) is 65.0 Å². The van der Waals surface area contributed by atoms with Crippen LogP contribution in [0, 0.1) is 0 Å². The highest BCUT2D eigenvalue weighted by Gasteiger charge is 2.20. The molecule has 0 amide bonds. The van der Waals surface area contributed by atoms with E-state index in [9.17, 15) is 8.42 Å². The van der Waals surface area contributed by atoms with E-state index in [0.717, 1.165) is 18.4 Å². The molecule has 0 aliphatic heterocycles. The average molecular weight is 328 g/mol. The highest BCUT2D eigenvalue weighted by Crippen LogP contribution is 2.34. The second kappa shape index (κ2) is 5.91. The van der Waals surface area contributed by atoms with Gasteiger partial charge in [0, 0.05) is 26.5 Å². The van der Waals surface area contributed by atoms with Crippen molar-refractivity contribution in [3.8, 4) is 0 Å². The van der Waals surface area contributed by atoms with Crippen LogP contribution in [0.3, 0.4) is 0 Å². The first-order chi connectivity index (χ1) is 10.9. The van der Waals surface area contributed by atoms with Gasteiger partial charge in [-0.3, -0.25) is 4.98 Å². The minimum absolute atomic E-state index is 0.324. The Balaban J connectivity index is 1.87. The Kier molecular flexibility index (Phi) is 4.08. The third-order valence-electron chi connectivity index (χ3n) is 4.29. The molecule has 1 aromatic carbocycles. The maximum atomic E-state index is 12.1. The molecule has 0 saturated heterocycles. The van der Waals surface area contributed by atoms with E-state index >= 15 is 0 Å². The number of allylic oxidation sites excluding steroid dienone is 2. The molecule has 0 saturated carbocycles. The molecule has 0 bridgehead atoms. The molecule has 0 unspecified atom stereocenters. The van der Waals surface area contributed by atoms with E-state index in [2.05, 4.69) is 18.0 Å². The Hall–Kier alpha value is -1.98. The van der Waals surface area contributed by atoms with E-state index in [1.807, 2.05) is 24.5 Å². The summed E-state index contributed by atoms with van der Waals surface area (Å²) in [6.07, 6.45) is 5.52. The maximum absolute atomic E-state index is 12.1. The monoisotopic (exact) mass is 328 g/mol. The van der Waals surface area contributed by atoms with Crippen molar-refractivity contribution in [2.45, 2.75) is 24.7 Å². The van der Waals surface area contributed by atoms with Gasteiger partial charge in [-0.05, 0) is 60.2 Å². The zero-order valence-corrected chi connectivity index (χ0v) is 14.4. The fourth-order valence-electron chi connectivity index (χ4n) is 2.91. The van der Waals surface area contributed by atoms with Gasteiger partial charge in [0.05, 0.1) is 4.90 Å². The van der Waals surface area contributed by atoms with E-state index < -0.39 is 10.0 Å². The molecule has 0 atom stereocenters. The van der Waals surface area contributed by atoms with Gasteiger partial charge in [-0.15, -0.1) is 0 Å². The van der Waals surface area contributed by atoms with Crippen LogP contribution in [0.4, 0.5) is 0 Å². The van der Waals surface area contributed by atoms with Gasteiger partial charge in [0.1, 0.15) is 0 Å². The molecular formula is C18H20N2O2S. The second-order valence-electron chi connectivity index (χ2n) is 6.08. The van der Waals surface area contributed by atoms with E-state index in [-0.39, 0.29) is 0 Å². The predicted octanol–water partition coefficient (Wildman–Crippen LogP) is 2.90. The van der Waals surface area contributed by atoms with Crippen molar-refractivity contribution in [2.75, 3.05) is 14.1 Å². The molecule has 1 aromatic heterocycles. The summed E-state index contributed by atoms with van der Waals surface area (Å²) in [5.41, 5.74) is 6.30. The summed E-state index contributed by atoms with van der Waals surface area (Å²) in [5.74, 6) is 0. The Morgan fingerprint density at radius 3 is 2.48 bits per heavy atom. The van der Waals surface area contributed by atoms with Crippen molar-refractivity contribution in [2.24, 2.45) is 0 Å². The number of pyridine rings is 1. The number of rotatable bonds is 4. The van der Waals surface area contributed by atoms with Gasteiger partial charge in [-0.1, -0.05) is 17.7 Å². The van der Waals surface area contributed by atoms with E-state index in [4.69, 9.17) is 0 Å². The number of fused-ring (bicyclic) bond motifs is 1. The summed E-state index contributed by atoms with van der Waals surface area (Å²) in [5, 5.41) is 0. The lowest BCUT2D eigenvalue weighted by Gasteiger charge is -2.12. The maximum Gasteiger partial charge on any atom is 0.242 e. The number of benzene rings is 1. The lowest BCUT2D eigenvalue weighted by atomic mass is 9.99. The normalized spacial score (nSPS) is 14.4. The molecule has 0 spiro atoms. The Morgan fingerprint density at radius 2 is 1.83 bits per heavy atom. The van der Waals surface area contributed by atoms with E-state index in [1.165, 1.54) is 26.6 Å². The number of sulfonamides is 1. The molecule has 3 rings (SSSR count). The quantitative estimate of drug-likeness (QED) is 0.867. The van der Waals surface area contributed by atoms with Crippen LogP contribution in [-0.2, 0) is 22.9 Å². The summed E-state index contributed by atoms with van der Waals surface area (Å²) in [4.78, 5) is 4.55. The zero-order valence-electron chi connectivity index (χ0n) is 13.6. The van der Waals surface area contributed by atoms with Crippen molar-refractivity contribution in [1.29, 1.82) is 0 Å². The first-order valence-corrected chi connectivity index (χ1v) is 8.97. The molecular weight excluding hydrogens is 308 g/mol. The summed E-state index contributed by atoms with van der Waals surface area (Å²) < 4.78 is 25.5. The fourth-order valence-corrected chi connectivity index (χ4v) is 3.81. The smallest absolute Gasteiger partial charge is 0.242 e. The molecule has 1 aliphatic rings. The van der Waals surface area contributed by atoms with Crippen LogP contribution in [0.5, 0.6) is 0 Å². The third kappa shape index (κ3) is 2.94. The molecule has 120 valence electrons. The molecule has 4 nitrogen and oxygen atoms in total. The highest BCUT2D eigenvalue weighted by molar-refractivity contribution is 7.89. The summed E-state index contributed by atoms with van der Waals surface area (Å²) in [6, 6.07) is 9.22. The van der Waals surface area contributed by atoms with Crippen LogP contribution in [0.2, 0.25) is 0 Å². The van der Waals surface area contributed by atoms with Gasteiger partial charge < -0.3 is 0 Å². The number of hydrogen-bond acceptors (Lipinski definition) is 3. The Morgan fingerprint density at radius 1 is 1.13 bits per heavy atom. The number of aromatic nitrogens is 1. The second-order valence-corrected chi connectivity index (χ2v) is 8.23. The lowest BCUT2D eigenvalue weighted by Crippen LogP contribution is -2.22. The van der Waals surface area contributed by atoms with Gasteiger partial charge in [0.25, 0.3) is 0 Å². The van der Waals surface area contributed by atoms with Crippen molar-refractivity contribution in [3.63, 3.8) is 0 Å². The molecule has 0 radical (unpaired) electrons. The zero-order chi connectivity index (χ0) is 16.6. The standard InChI is InChI=1S/C18H20N2O2S/c1-13-10-15-8-9-19-12-18(15)17(13)11-14-4-6-16(7-5-14)23(21,22)20(2)3/h4-9,12H,10-11H2,1-3H3. The molecule has 1 aliphatic carbocycles. The topological polar surface area (TPSA) is 50.3 Å². The van der Waals surface area contributed by atoms with Crippen LogP contribution >= 0.6 is 0 Å².